The molecule has 0 bridgehead atoms. The van der Waals surface area contributed by atoms with Gasteiger partial charge in [-0.1, -0.05) is 11.6 Å². The molecule has 0 radical (unpaired) electrons. The van der Waals surface area contributed by atoms with Crippen molar-refractivity contribution in [1.29, 1.82) is 5.26 Å². The molecule has 162 valence electrons. The van der Waals surface area contributed by atoms with Gasteiger partial charge in [0.15, 0.2) is 0 Å². The van der Waals surface area contributed by atoms with Crippen molar-refractivity contribution >= 4 is 28.9 Å². The summed E-state index contributed by atoms with van der Waals surface area (Å²) in [6, 6.07) is 10.9. The van der Waals surface area contributed by atoms with Gasteiger partial charge in [0.05, 0.1) is 10.6 Å². The first-order chi connectivity index (χ1) is 14.7. The smallest absolute Gasteiger partial charge is 0.373 e. The maximum atomic E-state index is 13.1. The third-order valence-corrected chi connectivity index (χ3v) is 5.04. The van der Waals surface area contributed by atoms with Gasteiger partial charge in [0.1, 0.15) is 17.5 Å². The molecule has 1 aliphatic heterocycles. The number of carbonyl (C=O) groups excluding carboxylic acids is 1. The molecule has 1 saturated heterocycles. The number of alkyl halides is 3. The Hall–Kier alpha value is -3.25. The molecular weight excluding hydrogens is 436 g/mol. The van der Waals surface area contributed by atoms with Gasteiger partial charge >= 0.3 is 6.18 Å². The fourth-order valence-electron chi connectivity index (χ4n) is 3.10. The summed E-state index contributed by atoms with van der Waals surface area (Å²) in [6.07, 6.45) is -3.28. The molecule has 31 heavy (non-hydrogen) atoms. The third-order valence-electron chi connectivity index (χ3n) is 4.71. The van der Waals surface area contributed by atoms with Crippen LogP contribution < -0.4 is 10.2 Å². The van der Waals surface area contributed by atoms with Crippen LogP contribution in [0.2, 0.25) is 5.02 Å². The van der Waals surface area contributed by atoms with E-state index < -0.39 is 22.7 Å². The number of anilines is 2. The largest absolute Gasteiger partial charge is 0.417 e. The van der Waals surface area contributed by atoms with E-state index in [1.807, 2.05) is 4.90 Å². The molecule has 0 aromatic heterocycles. The van der Waals surface area contributed by atoms with Crippen LogP contribution in [-0.4, -0.2) is 37.0 Å². The lowest BCUT2D eigenvalue weighted by atomic mass is 10.2. The van der Waals surface area contributed by atoms with E-state index in [1.54, 1.807) is 23.1 Å². The normalized spacial score (nSPS) is 14.9. The van der Waals surface area contributed by atoms with Crippen molar-refractivity contribution in [3.8, 4) is 6.07 Å². The quantitative estimate of drug-likeness (QED) is 0.416. The van der Waals surface area contributed by atoms with Gasteiger partial charge in [-0.05, 0) is 42.5 Å². The minimum atomic E-state index is -4.67. The molecule has 1 fully saturated rings. The summed E-state index contributed by atoms with van der Waals surface area (Å²) < 4.78 is 52.0. The summed E-state index contributed by atoms with van der Waals surface area (Å²) in [5.74, 6) is -1.14. The standard InChI is InChI=1S/C21H17ClF4N4O/c22-19-6-3-16(11-18(19)21(24,25)26)28-20(31)14(12-27)13-29-7-9-30(10-8-29)17-4-1-15(23)2-5-17/h1-6,11,13H,7-10H2,(H,28,31)/b14-13-. The number of hydrogen-bond acceptors (Lipinski definition) is 4. The van der Waals surface area contributed by atoms with E-state index in [4.69, 9.17) is 11.6 Å². The molecule has 0 aliphatic carbocycles. The van der Waals surface area contributed by atoms with Gasteiger partial charge in [-0.2, -0.15) is 18.4 Å². The summed E-state index contributed by atoms with van der Waals surface area (Å²) in [4.78, 5) is 16.2. The SMILES string of the molecule is N#C/C(=C/N1CCN(c2ccc(F)cc2)CC1)C(=O)Nc1ccc(Cl)c(C(F)(F)F)c1. The van der Waals surface area contributed by atoms with E-state index in [1.165, 1.54) is 24.4 Å². The summed E-state index contributed by atoms with van der Waals surface area (Å²) in [6.45, 7) is 2.20. The van der Waals surface area contributed by atoms with Crippen molar-refractivity contribution in [3.05, 3.63) is 70.6 Å². The first kappa shape index (κ1) is 22.4. The average Bonchev–Trinajstić information content (AvgIpc) is 2.73. The lowest BCUT2D eigenvalue weighted by Gasteiger charge is -2.35. The van der Waals surface area contributed by atoms with Gasteiger partial charge in [0.2, 0.25) is 0 Å². The fourth-order valence-corrected chi connectivity index (χ4v) is 3.33. The van der Waals surface area contributed by atoms with Crippen molar-refractivity contribution in [1.82, 2.24) is 4.90 Å². The van der Waals surface area contributed by atoms with E-state index in [-0.39, 0.29) is 17.1 Å². The fraction of sp³-hybridized carbons (Fsp3) is 0.238. The summed E-state index contributed by atoms with van der Waals surface area (Å²) in [5.41, 5.74) is -0.569. The molecule has 0 spiro atoms. The topological polar surface area (TPSA) is 59.4 Å². The number of nitrogens with one attached hydrogen (secondary N) is 1. The van der Waals surface area contributed by atoms with Crippen LogP contribution in [0.25, 0.3) is 0 Å². The molecular formula is C21H17ClF4N4O. The van der Waals surface area contributed by atoms with Gasteiger partial charge in [-0.25, -0.2) is 4.39 Å². The second-order valence-electron chi connectivity index (χ2n) is 6.80. The maximum Gasteiger partial charge on any atom is 0.417 e. The molecule has 0 saturated carbocycles. The van der Waals surface area contributed by atoms with Crippen LogP contribution in [0.1, 0.15) is 5.56 Å². The Morgan fingerprint density at radius 2 is 1.74 bits per heavy atom. The number of benzene rings is 2. The predicted molar refractivity (Wildman–Crippen MR) is 109 cm³/mol. The summed E-state index contributed by atoms with van der Waals surface area (Å²) in [5, 5.41) is 11.2. The van der Waals surface area contributed by atoms with Gasteiger partial charge in [-0.3, -0.25) is 4.79 Å². The van der Waals surface area contributed by atoms with E-state index >= 15 is 0 Å². The van der Waals surface area contributed by atoms with Crippen LogP contribution in [0.15, 0.2) is 54.2 Å². The van der Waals surface area contributed by atoms with E-state index in [2.05, 4.69) is 5.32 Å². The minimum Gasteiger partial charge on any atom is -0.373 e. The average molecular weight is 453 g/mol. The van der Waals surface area contributed by atoms with Gasteiger partial charge in [-0.15, -0.1) is 0 Å². The molecule has 1 aliphatic rings. The Balaban J connectivity index is 1.65. The molecule has 5 nitrogen and oxygen atoms in total. The predicted octanol–water partition coefficient (Wildman–Crippen LogP) is 4.67. The van der Waals surface area contributed by atoms with Gasteiger partial charge in [0, 0.05) is 43.8 Å². The van der Waals surface area contributed by atoms with E-state index in [0.717, 1.165) is 17.8 Å². The molecule has 1 heterocycles. The molecule has 2 aromatic rings. The van der Waals surface area contributed by atoms with E-state index in [9.17, 15) is 27.6 Å². The van der Waals surface area contributed by atoms with Gasteiger partial charge in [0.25, 0.3) is 5.91 Å². The molecule has 2 aromatic carbocycles. The number of halogens is 5. The minimum absolute atomic E-state index is 0.121. The Morgan fingerprint density at radius 1 is 1.10 bits per heavy atom. The number of piperazine rings is 1. The Morgan fingerprint density at radius 3 is 2.32 bits per heavy atom. The molecule has 3 rings (SSSR count). The van der Waals surface area contributed by atoms with Crippen molar-refractivity contribution in [2.45, 2.75) is 6.18 Å². The first-order valence-electron chi connectivity index (χ1n) is 9.22. The molecule has 0 unspecified atom stereocenters. The first-order valence-corrected chi connectivity index (χ1v) is 9.60. The highest BCUT2D eigenvalue weighted by Gasteiger charge is 2.33. The molecule has 10 heteroatoms. The van der Waals surface area contributed by atoms with Crippen LogP contribution in [-0.2, 0) is 11.0 Å². The lowest BCUT2D eigenvalue weighted by molar-refractivity contribution is -0.137. The summed E-state index contributed by atoms with van der Waals surface area (Å²) in [7, 11) is 0. The monoisotopic (exact) mass is 452 g/mol. The Kier molecular flexibility index (Phi) is 6.71. The number of amides is 1. The zero-order valence-corrected chi connectivity index (χ0v) is 16.8. The molecule has 1 amide bonds. The lowest BCUT2D eigenvalue weighted by Crippen LogP contribution is -2.44. The van der Waals surface area contributed by atoms with Crippen molar-refractivity contribution in [3.63, 3.8) is 0 Å². The highest BCUT2D eigenvalue weighted by Crippen LogP contribution is 2.36. The summed E-state index contributed by atoms with van der Waals surface area (Å²) >= 11 is 5.57. The van der Waals surface area contributed by atoms with Crippen LogP contribution >= 0.6 is 11.6 Å². The number of hydrogen-bond donors (Lipinski definition) is 1. The zero-order chi connectivity index (χ0) is 22.6. The van der Waals surface area contributed by atoms with Crippen LogP contribution in [0.3, 0.4) is 0 Å². The maximum absolute atomic E-state index is 13.1. The van der Waals surface area contributed by atoms with Crippen LogP contribution in [0.4, 0.5) is 28.9 Å². The molecule has 0 atom stereocenters. The zero-order valence-electron chi connectivity index (χ0n) is 16.1. The van der Waals surface area contributed by atoms with Gasteiger partial charge < -0.3 is 15.1 Å². The second kappa shape index (κ2) is 9.27. The third kappa shape index (κ3) is 5.67. The number of nitriles is 1. The van der Waals surface area contributed by atoms with Crippen molar-refractivity contribution < 1.29 is 22.4 Å². The second-order valence-corrected chi connectivity index (χ2v) is 7.21. The number of nitrogens with zero attached hydrogens (tertiary/aromatic N) is 3. The Labute approximate surface area is 181 Å². The number of carbonyl (C=O) groups is 1. The van der Waals surface area contributed by atoms with Crippen molar-refractivity contribution in [2.24, 2.45) is 0 Å². The van der Waals surface area contributed by atoms with E-state index in [0.29, 0.717) is 26.2 Å². The Bertz CT molecular complexity index is 1020. The van der Waals surface area contributed by atoms with Crippen molar-refractivity contribution in [2.75, 3.05) is 36.4 Å². The highest BCUT2D eigenvalue weighted by molar-refractivity contribution is 6.31. The highest BCUT2D eigenvalue weighted by atomic mass is 35.5. The number of rotatable bonds is 4. The van der Waals surface area contributed by atoms with Crippen LogP contribution in [0, 0.1) is 17.1 Å². The van der Waals surface area contributed by atoms with Crippen LogP contribution in [0.5, 0.6) is 0 Å². The molecule has 1 N–H and O–H groups in total.